The Morgan fingerprint density at radius 3 is 2.59 bits per heavy atom. The third-order valence-electron chi connectivity index (χ3n) is 6.16. The normalized spacial score (nSPS) is 33.1. The van der Waals surface area contributed by atoms with Gasteiger partial charge in [0.15, 0.2) is 0 Å². The van der Waals surface area contributed by atoms with E-state index in [-0.39, 0.29) is 5.91 Å². The molecule has 3 fully saturated rings. The number of likely N-dealkylation sites (tertiary alicyclic amines) is 2. The second-order valence-corrected chi connectivity index (χ2v) is 7.83. The highest BCUT2D eigenvalue weighted by Gasteiger charge is 2.39. The Labute approximate surface area is 134 Å². The maximum Gasteiger partial charge on any atom is 0.219 e. The minimum Gasteiger partial charge on any atom is -0.389 e. The van der Waals surface area contributed by atoms with Crippen molar-refractivity contribution in [1.29, 1.82) is 0 Å². The lowest BCUT2D eigenvalue weighted by molar-refractivity contribution is -0.132. The second kappa shape index (κ2) is 6.88. The zero-order valence-corrected chi connectivity index (χ0v) is 14.1. The van der Waals surface area contributed by atoms with Crippen LogP contribution in [0.15, 0.2) is 0 Å². The van der Waals surface area contributed by atoms with Crippen LogP contribution in [0.3, 0.4) is 0 Å². The Balaban J connectivity index is 1.67. The fourth-order valence-electron chi connectivity index (χ4n) is 4.90. The van der Waals surface area contributed by atoms with Crippen LogP contribution in [-0.4, -0.2) is 58.6 Å². The molecular weight excluding hydrogens is 276 g/mol. The molecule has 0 radical (unpaired) electrons. The molecule has 1 saturated carbocycles. The minimum atomic E-state index is -0.454. The summed E-state index contributed by atoms with van der Waals surface area (Å²) in [6.45, 7) is 5.50. The zero-order valence-electron chi connectivity index (χ0n) is 14.1. The van der Waals surface area contributed by atoms with Crippen LogP contribution in [0.4, 0.5) is 0 Å². The fraction of sp³-hybridized carbons (Fsp3) is 0.944. The Morgan fingerprint density at radius 2 is 1.86 bits per heavy atom. The summed E-state index contributed by atoms with van der Waals surface area (Å²) in [5, 5.41) is 10.9. The number of β-amino-alcohol motifs (C(OH)–C–C–N with tert-alkyl or cyclic N) is 1. The van der Waals surface area contributed by atoms with Crippen molar-refractivity contribution in [3.8, 4) is 0 Å². The van der Waals surface area contributed by atoms with Crippen LogP contribution in [-0.2, 0) is 4.79 Å². The monoisotopic (exact) mass is 308 g/mol. The van der Waals surface area contributed by atoms with Gasteiger partial charge in [0.2, 0.25) is 5.91 Å². The molecule has 3 aliphatic rings. The van der Waals surface area contributed by atoms with E-state index in [0.29, 0.717) is 12.0 Å². The quantitative estimate of drug-likeness (QED) is 0.852. The highest BCUT2D eigenvalue weighted by molar-refractivity contribution is 5.73. The molecule has 0 unspecified atom stereocenters. The number of piperidine rings is 1. The van der Waals surface area contributed by atoms with E-state index < -0.39 is 5.60 Å². The molecule has 0 aromatic heterocycles. The molecular formula is C18H32N2O2. The molecule has 2 heterocycles. The number of carbonyl (C=O) groups excluding carboxylic acids is 1. The van der Waals surface area contributed by atoms with Crippen LogP contribution in [0.2, 0.25) is 0 Å². The lowest BCUT2D eigenvalue weighted by Crippen LogP contribution is -2.55. The van der Waals surface area contributed by atoms with Crippen molar-refractivity contribution in [1.82, 2.24) is 9.80 Å². The molecule has 22 heavy (non-hydrogen) atoms. The van der Waals surface area contributed by atoms with Gasteiger partial charge in [-0.15, -0.1) is 0 Å². The van der Waals surface area contributed by atoms with Gasteiger partial charge in [-0.3, -0.25) is 9.69 Å². The third-order valence-corrected chi connectivity index (χ3v) is 6.16. The van der Waals surface area contributed by atoms with Crippen LogP contribution in [0.25, 0.3) is 0 Å². The molecule has 1 aliphatic carbocycles. The maximum absolute atomic E-state index is 11.7. The standard InChI is InChI=1S/C18H32N2O2/c1-15(21)19-12-8-17-16(13-19)7-3-6-11-20(17)14-18(22)9-4-2-5-10-18/h16-17,22H,2-14H2,1H3/t16-,17+/m1/s1. The Morgan fingerprint density at radius 1 is 1.09 bits per heavy atom. The van der Waals surface area contributed by atoms with Gasteiger partial charge < -0.3 is 10.0 Å². The Kier molecular flexibility index (Phi) is 5.08. The first-order valence-corrected chi connectivity index (χ1v) is 9.29. The predicted molar refractivity (Wildman–Crippen MR) is 87.6 cm³/mol. The van der Waals surface area contributed by atoms with Crippen LogP contribution >= 0.6 is 0 Å². The molecule has 1 amide bonds. The molecule has 3 rings (SSSR count). The topological polar surface area (TPSA) is 43.8 Å². The maximum atomic E-state index is 11.7. The van der Waals surface area contributed by atoms with Crippen molar-refractivity contribution in [2.45, 2.75) is 76.4 Å². The van der Waals surface area contributed by atoms with Gasteiger partial charge in [-0.25, -0.2) is 0 Å². The highest BCUT2D eigenvalue weighted by atomic mass is 16.3. The average molecular weight is 308 g/mol. The summed E-state index contributed by atoms with van der Waals surface area (Å²) in [5.41, 5.74) is -0.454. The van der Waals surface area contributed by atoms with E-state index in [4.69, 9.17) is 0 Å². The number of fused-ring (bicyclic) bond motifs is 1. The van der Waals surface area contributed by atoms with Crippen molar-refractivity contribution in [2.75, 3.05) is 26.2 Å². The lowest BCUT2D eigenvalue weighted by atomic mass is 9.82. The largest absolute Gasteiger partial charge is 0.389 e. The summed E-state index contributed by atoms with van der Waals surface area (Å²) < 4.78 is 0. The number of hydrogen-bond donors (Lipinski definition) is 1. The van der Waals surface area contributed by atoms with Crippen LogP contribution in [0.1, 0.15) is 64.7 Å². The molecule has 2 aliphatic heterocycles. The molecule has 4 heteroatoms. The summed E-state index contributed by atoms with van der Waals surface area (Å²) in [6.07, 6.45) is 10.4. The molecule has 0 aromatic carbocycles. The van der Waals surface area contributed by atoms with Crippen LogP contribution < -0.4 is 0 Å². The van der Waals surface area contributed by atoms with Gasteiger partial charge in [0.05, 0.1) is 5.60 Å². The van der Waals surface area contributed by atoms with Crippen molar-refractivity contribution in [3.63, 3.8) is 0 Å². The number of aliphatic hydroxyl groups is 1. The summed E-state index contributed by atoms with van der Waals surface area (Å²) in [7, 11) is 0. The van der Waals surface area contributed by atoms with Gasteiger partial charge in [0.1, 0.15) is 0 Å². The van der Waals surface area contributed by atoms with E-state index in [2.05, 4.69) is 4.90 Å². The second-order valence-electron chi connectivity index (χ2n) is 7.83. The number of nitrogens with zero attached hydrogens (tertiary/aromatic N) is 2. The number of amides is 1. The average Bonchev–Trinajstić information content (AvgIpc) is 2.69. The molecule has 0 aromatic rings. The molecule has 0 spiro atoms. The van der Waals surface area contributed by atoms with Crippen molar-refractivity contribution < 1.29 is 9.90 Å². The van der Waals surface area contributed by atoms with Gasteiger partial charge in [-0.05, 0) is 44.6 Å². The molecule has 126 valence electrons. The number of hydrogen-bond acceptors (Lipinski definition) is 3. The molecule has 4 nitrogen and oxygen atoms in total. The van der Waals surface area contributed by atoms with E-state index in [1.807, 2.05) is 4.90 Å². The van der Waals surface area contributed by atoms with Crippen LogP contribution in [0.5, 0.6) is 0 Å². The number of carbonyl (C=O) groups is 1. The fourth-order valence-corrected chi connectivity index (χ4v) is 4.90. The van der Waals surface area contributed by atoms with E-state index >= 15 is 0 Å². The van der Waals surface area contributed by atoms with E-state index in [1.54, 1.807) is 6.92 Å². The van der Waals surface area contributed by atoms with E-state index in [0.717, 1.165) is 45.4 Å². The molecule has 1 N–H and O–H groups in total. The Hall–Kier alpha value is -0.610. The summed E-state index contributed by atoms with van der Waals surface area (Å²) in [5.74, 6) is 0.826. The smallest absolute Gasteiger partial charge is 0.219 e. The van der Waals surface area contributed by atoms with Crippen molar-refractivity contribution in [3.05, 3.63) is 0 Å². The van der Waals surface area contributed by atoms with Crippen LogP contribution in [0, 0.1) is 5.92 Å². The van der Waals surface area contributed by atoms with Gasteiger partial charge in [0.25, 0.3) is 0 Å². The van der Waals surface area contributed by atoms with Crippen molar-refractivity contribution >= 4 is 5.91 Å². The molecule has 0 bridgehead atoms. The SMILES string of the molecule is CC(=O)N1CC[C@H]2[C@H](CCCCN2CC2(O)CCCCC2)C1. The predicted octanol–water partition coefficient (Wildman–Crippen LogP) is 2.40. The van der Waals surface area contributed by atoms with Gasteiger partial charge in [-0.1, -0.05) is 25.7 Å². The van der Waals surface area contributed by atoms with Crippen molar-refractivity contribution in [2.24, 2.45) is 5.92 Å². The number of rotatable bonds is 2. The van der Waals surface area contributed by atoms with E-state index in [1.165, 1.54) is 38.5 Å². The summed E-state index contributed by atoms with van der Waals surface area (Å²) >= 11 is 0. The van der Waals surface area contributed by atoms with Gasteiger partial charge in [-0.2, -0.15) is 0 Å². The minimum absolute atomic E-state index is 0.222. The molecule has 2 saturated heterocycles. The van der Waals surface area contributed by atoms with Gasteiger partial charge >= 0.3 is 0 Å². The lowest BCUT2D eigenvalue weighted by Gasteiger charge is -2.45. The zero-order chi connectivity index (χ0) is 15.6. The summed E-state index contributed by atoms with van der Waals surface area (Å²) in [4.78, 5) is 16.3. The first-order chi connectivity index (χ1) is 10.6. The molecule has 2 atom stereocenters. The first-order valence-electron chi connectivity index (χ1n) is 9.29. The third kappa shape index (κ3) is 3.65. The summed E-state index contributed by atoms with van der Waals surface area (Å²) in [6, 6.07) is 0.573. The highest BCUT2D eigenvalue weighted by Crippen LogP contribution is 2.34. The Bertz CT molecular complexity index is 393. The van der Waals surface area contributed by atoms with Gasteiger partial charge in [0, 0.05) is 32.6 Å². The first kappa shape index (κ1) is 16.3. The van der Waals surface area contributed by atoms with E-state index in [9.17, 15) is 9.90 Å².